The molecule has 2 aromatic rings. The molecule has 148 valence electrons. The van der Waals surface area contributed by atoms with Crippen LogP contribution in [0.5, 0.6) is 0 Å². The third-order valence-electron chi connectivity index (χ3n) is 4.18. The van der Waals surface area contributed by atoms with E-state index in [0.29, 0.717) is 23.6 Å². The lowest BCUT2D eigenvalue weighted by atomic mass is 10.2. The highest BCUT2D eigenvalue weighted by Crippen LogP contribution is 2.30. The average Bonchev–Trinajstić information content (AvgIpc) is 2.95. The van der Waals surface area contributed by atoms with Gasteiger partial charge in [-0.3, -0.25) is 4.72 Å². The number of benzene rings is 1. The zero-order valence-electron chi connectivity index (χ0n) is 14.3. The molecule has 0 radical (unpaired) electrons. The number of unbranched alkanes of at least 4 members (excludes halogenated alkanes) is 1. The Hall–Kier alpha value is -1.49. The standard InChI is InChI=1S/C16H19ClF2N4O2S2/c17-11-8-14(27(24,25)22-16-21-10-15(19)26-16)12(18)9-13(11)20-4-1-2-5-23-6-3-7-23/h8-10,20H,1-7H2,(H,21,22). The normalized spacial score (nSPS) is 14.8. The quantitative estimate of drug-likeness (QED) is 0.585. The summed E-state index contributed by atoms with van der Waals surface area (Å²) in [7, 11) is -4.27. The number of rotatable bonds is 9. The van der Waals surface area contributed by atoms with Gasteiger partial charge in [-0.2, -0.15) is 4.39 Å². The molecule has 1 aliphatic heterocycles. The molecule has 2 N–H and O–H groups in total. The summed E-state index contributed by atoms with van der Waals surface area (Å²) in [4.78, 5) is 5.31. The van der Waals surface area contributed by atoms with Gasteiger partial charge >= 0.3 is 0 Å². The Balaban J connectivity index is 1.61. The number of halogens is 3. The van der Waals surface area contributed by atoms with Crippen LogP contribution in [-0.4, -0.2) is 44.5 Å². The molecule has 2 heterocycles. The van der Waals surface area contributed by atoms with E-state index in [1.807, 2.05) is 4.72 Å². The predicted molar refractivity (Wildman–Crippen MR) is 103 cm³/mol. The number of sulfonamides is 1. The van der Waals surface area contributed by atoms with E-state index in [2.05, 4.69) is 15.2 Å². The molecule has 6 nitrogen and oxygen atoms in total. The molecule has 0 bridgehead atoms. The fourth-order valence-electron chi connectivity index (χ4n) is 2.63. The van der Waals surface area contributed by atoms with Gasteiger partial charge in [0.15, 0.2) is 10.3 Å². The van der Waals surface area contributed by atoms with E-state index in [1.165, 1.54) is 6.42 Å². The van der Waals surface area contributed by atoms with Crippen molar-refractivity contribution in [3.63, 3.8) is 0 Å². The molecule has 27 heavy (non-hydrogen) atoms. The number of aromatic nitrogens is 1. The minimum absolute atomic E-state index is 0.0878. The largest absolute Gasteiger partial charge is 0.384 e. The first-order valence-corrected chi connectivity index (χ1v) is 11.1. The zero-order chi connectivity index (χ0) is 19.4. The van der Waals surface area contributed by atoms with Crippen molar-refractivity contribution in [1.29, 1.82) is 0 Å². The number of hydrogen-bond acceptors (Lipinski definition) is 6. The third-order valence-corrected chi connectivity index (χ3v) is 6.67. The van der Waals surface area contributed by atoms with Crippen molar-refractivity contribution in [3.8, 4) is 0 Å². The van der Waals surface area contributed by atoms with Crippen molar-refractivity contribution in [2.45, 2.75) is 24.2 Å². The summed E-state index contributed by atoms with van der Waals surface area (Å²) in [6.07, 6.45) is 4.05. The second kappa shape index (κ2) is 8.68. The van der Waals surface area contributed by atoms with Crippen LogP contribution in [-0.2, 0) is 10.0 Å². The molecule has 1 aromatic heterocycles. The second-order valence-corrected chi connectivity index (χ2v) is 9.21. The van der Waals surface area contributed by atoms with Gasteiger partial charge in [0.1, 0.15) is 10.7 Å². The SMILES string of the molecule is O=S(=O)(Nc1ncc(F)s1)c1cc(Cl)c(NCCCCN2CCC2)cc1F. The molecule has 0 unspecified atom stereocenters. The van der Waals surface area contributed by atoms with Gasteiger partial charge in [-0.1, -0.05) is 22.9 Å². The topological polar surface area (TPSA) is 74.3 Å². The monoisotopic (exact) mass is 436 g/mol. The van der Waals surface area contributed by atoms with Crippen LogP contribution in [0.2, 0.25) is 5.02 Å². The molecule has 1 aromatic carbocycles. The van der Waals surface area contributed by atoms with Crippen LogP contribution >= 0.6 is 22.9 Å². The maximum Gasteiger partial charge on any atom is 0.266 e. The fraction of sp³-hybridized carbons (Fsp3) is 0.438. The molecular weight excluding hydrogens is 418 g/mol. The highest BCUT2D eigenvalue weighted by Gasteiger charge is 2.23. The molecule has 0 aliphatic carbocycles. The number of thiazole rings is 1. The van der Waals surface area contributed by atoms with E-state index in [-0.39, 0.29) is 10.2 Å². The Morgan fingerprint density at radius 1 is 1.26 bits per heavy atom. The Kier molecular flexibility index (Phi) is 6.51. The van der Waals surface area contributed by atoms with Crippen molar-refractivity contribution < 1.29 is 17.2 Å². The molecule has 0 saturated carbocycles. The first kappa shape index (κ1) is 20.2. The summed E-state index contributed by atoms with van der Waals surface area (Å²) >= 11 is 6.61. The van der Waals surface area contributed by atoms with E-state index in [0.717, 1.165) is 50.8 Å². The van der Waals surface area contributed by atoms with Gasteiger partial charge in [0, 0.05) is 6.54 Å². The lowest BCUT2D eigenvalue weighted by Gasteiger charge is -2.30. The Labute approximate surface area is 165 Å². The summed E-state index contributed by atoms with van der Waals surface area (Å²) < 4.78 is 54.0. The fourth-order valence-corrected chi connectivity index (χ4v) is 4.80. The number of anilines is 2. The van der Waals surface area contributed by atoms with Crippen LogP contribution in [0.4, 0.5) is 19.6 Å². The summed E-state index contributed by atoms with van der Waals surface area (Å²) in [6, 6.07) is 2.08. The first-order valence-electron chi connectivity index (χ1n) is 8.44. The molecular formula is C16H19ClF2N4O2S2. The van der Waals surface area contributed by atoms with Gasteiger partial charge in [-0.25, -0.2) is 17.8 Å². The maximum absolute atomic E-state index is 14.4. The minimum atomic E-state index is -4.27. The van der Waals surface area contributed by atoms with Gasteiger partial charge in [0.25, 0.3) is 10.0 Å². The Morgan fingerprint density at radius 3 is 2.67 bits per heavy atom. The van der Waals surface area contributed by atoms with Gasteiger partial charge in [-0.15, -0.1) is 0 Å². The average molecular weight is 437 g/mol. The van der Waals surface area contributed by atoms with Gasteiger partial charge in [0.05, 0.1) is 16.9 Å². The molecule has 0 atom stereocenters. The number of nitrogens with zero attached hydrogens (tertiary/aromatic N) is 2. The van der Waals surface area contributed by atoms with E-state index < -0.39 is 25.9 Å². The van der Waals surface area contributed by atoms with Crippen LogP contribution in [0.1, 0.15) is 19.3 Å². The van der Waals surface area contributed by atoms with Crippen molar-refractivity contribution in [2.75, 3.05) is 36.2 Å². The highest BCUT2D eigenvalue weighted by atomic mass is 35.5. The van der Waals surface area contributed by atoms with Crippen LogP contribution in [0.3, 0.4) is 0 Å². The Morgan fingerprint density at radius 2 is 2.04 bits per heavy atom. The molecule has 1 fully saturated rings. The summed E-state index contributed by atoms with van der Waals surface area (Å²) in [6.45, 7) is 3.96. The Bertz CT molecular complexity index is 904. The number of hydrogen-bond donors (Lipinski definition) is 2. The molecule has 11 heteroatoms. The van der Waals surface area contributed by atoms with Crippen molar-refractivity contribution in [2.24, 2.45) is 0 Å². The second-order valence-electron chi connectivity index (χ2n) is 6.17. The van der Waals surface area contributed by atoms with E-state index in [9.17, 15) is 17.2 Å². The number of likely N-dealkylation sites (tertiary alicyclic amines) is 1. The van der Waals surface area contributed by atoms with Crippen LogP contribution in [0.25, 0.3) is 0 Å². The van der Waals surface area contributed by atoms with E-state index in [1.54, 1.807) is 0 Å². The van der Waals surface area contributed by atoms with Crippen molar-refractivity contribution in [3.05, 3.63) is 34.3 Å². The smallest absolute Gasteiger partial charge is 0.266 e. The molecule has 0 spiro atoms. The predicted octanol–water partition coefficient (Wildman–Crippen LogP) is 3.77. The molecule has 3 rings (SSSR count). The van der Waals surface area contributed by atoms with Crippen LogP contribution < -0.4 is 10.0 Å². The highest BCUT2D eigenvalue weighted by molar-refractivity contribution is 7.93. The maximum atomic E-state index is 14.4. The summed E-state index contributed by atoms with van der Waals surface area (Å²) in [5, 5.41) is 2.28. The lowest BCUT2D eigenvalue weighted by molar-refractivity contribution is 0.179. The van der Waals surface area contributed by atoms with Crippen LogP contribution in [0.15, 0.2) is 23.2 Å². The molecule has 0 amide bonds. The lowest BCUT2D eigenvalue weighted by Crippen LogP contribution is -2.37. The number of nitrogens with one attached hydrogen (secondary N) is 2. The van der Waals surface area contributed by atoms with E-state index >= 15 is 0 Å². The summed E-state index contributed by atoms with van der Waals surface area (Å²) in [5.74, 6) is -0.952. The minimum Gasteiger partial charge on any atom is -0.384 e. The summed E-state index contributed by atoms with van der Waals surface area (Å²) in [5.41, 5.74) is 0.331. The van der Waals surface area contributed by atoms with Gasteiger partial charge in [-0.05, 0) is 51.0 Å². The van der Waals surface area contributed by atoms with Crippen molar-refractivity contribution in [1.82, 2.24) is 9.88 Å². The third kappa shape index (κ3) is 5.28. The zero-order valence-corrected chi connectivity index (χ0v) is 16.7. The first-order chi connectivity index (χ1) is 12.8. The molecule has 1 saturated heterocycles. The van der Waals surface area contributed by atoms with Gasteiger partial charge < -0.3 is 10.2 Å². The van der Waals surface area contributed by atoms with Gasteiger partial charge in [0.2, 0.25) is 0 Å². The van der Waals surface area contributed by atoms with Crippen LogP contribution in [0, 0.1) is 10.9 Å². The molecule has 1 aliphatic rings. The van der Waals surface area contributed by atoms with E-state index in [4.69, 9.17) is 11.6 Å². The van der Waals surface area contributed by atoms with Crippen molar-refractivity contribution >= 4 is 43.8 Å².